The second kappa shape index (κ2) is 8.10. The molecule has 1 aromatic heterocycles. The van der Waals surface area contributed by atoms with E-state index in [4.69, 9.17) is 4.74 Å². The molecule has 0 aliphatic carbocycles. The number of aromatic nitrogens is 2. The fourth-order valence-corrected chi connectivity index (χ4v) is 2.36. The Labute approximate surface area is 145 Å². The van der Waals surface area contributed by atoms with Crippen LogP contribution >= 0.6 is 0 Å². The number of para-hydroxylation sites is 1. The average molecular weight is 338 g/mol. The summed E-state index contributed by atoms with van der Waals surface area (Å²) in [6.07, 6.45) is 1.69. The molecular formula is C19H19FN4O. The number of benzene rings is 2. The number of hydrogen-bond donors (Lipinski definition) is 2. The summed E-state index contributed by atoms with van der Waals surface area (Å²) in [4.78, 5) is 8.63. The van der Waals surface area contributed by atoms with Gasteiger partial charge >= 0.3 is 0 Å². The molecule has 3 aromatic rings. The number of halogens is 1. The Balaban J connectivity index is 1.60. The van der Waals surface area contributed by atoms with Crippen LogP contribution in [-0.2, 0) is 13.1 Å². The number of rotatable bonds is 7. The van der Waals surface area contributed by atoms with Crippen molar-refractivity contribution in [2.45, 2.75) is 13.1 Å². The highest BCUT2D eigenvalue weighted by atomic mass is 19.1. The van der Waals surface area contributed by atoms with Gasteiger partial charge in [0.1, 0.15) is 17.4 Å². The molecule has 2 aromatic carbocycles. The molecule has 128 valence electrons. The van der Waals surface area contributed by atoms with Crippen molar-refractivity contribution < 1.29 is 9.13 Å². The monoisotopic (exact) mass is 338 g/mol. The molecule has 0 saturated heterocycles. The van der Waals surface area contributed by atoms with Gasteiger partial charge in [0.05, 0.1) is 7.11 Å². The molecule has 0 saturated carbocycles. The number of nitrogens with one attached hydrogen (secondary N) is 2. The molecule has 3 rings (SSSR count). The molecule has 0 unspecified atom stereocenters. The van der Waals surface area contributed by atoms with Gasteiger partial charge in [-0.25, -0.2) is 9.37 Å². The molecule has 0 atom stereocenters. The molecule has 1 heterocycles. The molecular weight excluding hydrogens is 319 g/mol. The Morgan fingerprint density at radius 3 is 2.56 bits per heavy atom. The van der Waals surface area contributed by atoms with Crippen molar-refractivity contribution in [2.75, 3.05) is 17.7 Å². The number of ether oxygens (including phenoxy) is 1. The van der Waals surface area contributed by atoms with Crippen molar-refractivity contribution in [1.29, 1.82) is 0 Å². The molecule has 0 aliphatic heterocycles. The van der Waals surface area contributed by atoms with E-state index in [1.54, 1.807) is 31.5 Å². The van der Waals surface area contributed by atoms with E-state index in [-0.39, 0.29) is 5.82 Å². The van der Waals surface area contributed by atoms with E-state index in [1.807, 2.05) is 24.3 Å². The fraction of sp³-hybridized carbons (Fsp3) is 0.158. The first-order chi connectivity index (χ1) is 12.2. The Hall–Kier alpha value is -3.15. The maximum absolute atomic E-state index is 12.9. The Morgan fingerprint density at radius 2 is 1.76 bits per heavy atom. The predicted octanol–water partition coefficient (Wildman–Crippen LogP) is 3.85. The zero-order chi connectivity index (χ0) is 17.5. The molecule has 0 amide bonds. The zero-order valence-corrected chi connectivity index (χ0v) is 13.9. The molecule has 5 nitrogen and oxygen atoms in total. The van der Waals surface area contributed by atoms with Crippen LogP contribution < -0.4 is 15.4 Å². The summed E-state index contributed by atoms with van der Waals surface area (Å²) in [6, 6.07) is 16.0. The predicted molar refractivity (Wildman–Crippen MR) is 96.1 cm³/mol. The SMILES string of the molecule is COc1ccccc1CNc1ccnc(NCc2ccc(F)cc2)n1. The van der Waals surface area contributed by atoms with Gasteiger partial charge in [-0.1, -0.05) is 30.3 Å². The number of methoxy groups -OCH3 is 1. The van der Waals surface area contributed by atoms with Gasteiger partial charge < -0.3 is 15.4 Å². The van der Waals surface area contributed by atoms with E-state index in [0.717, 1.165) is 16.9 Å². The molecule has 0 fully saturated rings. The van der Waals surface area contributed by atoms with E-state index < -0.39 is 0 Å². The topological polar surface area (TPSA) is 59.1 Å². The maximum Gasteiger partial charge on any atom is 0.224 e. The number of nitrogens with zero attached hydrogens (tertiary/aromatic N) is 2. The smallest absolute Gasteiger partial charge is 0.224 e. The van der Waals surface area contributed by atoms with Crippen molar-refractivity contribution in [1.82, 2.24) is 9.97 Å². The van der Waals surface area contributed by atoms with Crippen LogP contribution in [-0.4, -0.2) is 17.1 Å². The standard InChI is InChI=1S/C19H19FN4O/c1-25-17-5-3-2-4-15(17)13-22-18-10-11-21-19(24-18)23-12-14-6-8-16(20)9-7-14/h2-11H,12-13H2,1H3,(H2,21,22,23,24). The molecule has 0 spiro atoms. The normalized spacial score (nSPS) is 10.3. The third-order valence-corrected chi connectivity index (χ3v) is 3.67. The van der Waals surface area contributed by atoms with Crippen LogP contribution in [0.2, 0.25) is 0 Å². The third kappa shape index (κ3) is 4.67. The van der Waals surface area contributed by atoms with Crippen molar-refractivity contribution in [3.8, 4) is 5.75 Å². The van der Waals surface area contributed by atoms with E-state index >= 15 is 0 Å². The first-order valence-corrected chi connectivity index (χ1v) is 7.92. The molecule has 0 bridgehead atoms. The first-order valence-electron chi connectivity index (χ1n) is 7.92. The lowest BCUT2D eigenvalue weighted by Gasteiger charge is -2.11. The van der Waals surface area contributed by atoms with Crippen molar-refractivity contribution in [3.63, 3.8) is 0 Å². The van der Waals surface area contributed by atoms with E-state index in [0.29, 0.717) is 24.9 Å². The lowest BCUT2D eigenvalue weighted by atomic mass is 10.2. The highest BCUT2D eigenvalue weighted by Crippen LogP contribution is 2.18. The summed E-state index contributed by atoms with van der Waals surface area (Å²) in [7, 11) is 1.65. The van der Waals surface area contributed by atoms with Crippen LogP contribution in [0.25, 0.3) is 0 Å². The number of anilines is 2. The highest BCUT2D eigenvalue weighted by Gasteiger charge is 2.03. The second-order valence-corrected chi connectivity index (χ2v) is 5.41. The summed E-state index contributed by atoms with van der Waals surface area (Å²) in [5, 5.41) is 6.39. The van der Waals surface area contributed by atoms with Crippen LogP contribution in [0.1, 0.15) is 11.1 Å². The summed E-state index contributed by atoms with van der Waals surface area (Å²) >= 11 is 0. The van der Waals surface area contributed by atoms with Gasteiger partial charge in [0, 0.05) is 24.8 Å². The van der Waals surface area contributed by atoms with Crippen molar-refractivity contribution >= 4 is 11.8 Å². The lowest BCUT2D eigenvalue weighted by Crippen LogP contribution is -2.07. The van der Waals surface area contributed by atoms with Gasteiger partial charge in [0.25, 0.3) is 0 Å². The Bertz CT molecular complexity index is 824. The number of hydrogen-bond acceptors (Lipinski definition) is 5. The summed E-state index contributed by atoms with van der Waals surface area (Å²) < 4.78 is 18.3. The summed E-state index contributed by atoms with van der Waals surface area (Å²) in [5.74, 6) is 1.80. The largest absolute Gasteiger partial charge is 0.496 e. The first kappa shape index (κ1) is 16.7. The molecule has 2 N–H and O–H groups in total. The van der Waals surface area contributed by atoms with Crippen molar-refractivity contribution in [3.05, 3.63) is 77.7 Å². The van der Waals surface area contributed by atoms with Crippen LogP contribution in [0.15, 0.2) is 60.8 Å². The Kier molecular flexibility index (Phi) is 5.41. The molecule has 0 aliphatic rings. The maximum atomic E-state index is 12.9. The van der Waals surface area contributed by atoms with Gasteiger partial charge in [0.2, 0.25) is 5.95 Å². The minimum absolute atomic E-state index is 0.248. The molecule has 6 heteroatoms. The highest BCUT2D eigenvalue weighted by molar-refractivity contribution is 5.42. The van der Waals surface area contributed by atoms with Gasteiger partial charge in [-0.3, -0.25) is 0 Å². The van der Waals surface area contributed by atoms with Crippen molar-refractivity contribution in [2.24, 2.45) is 0 Å². The van der Waals surface area contributed by atoms with Gasteiger partial charge in [-0.15, -0.1) is 0 Å². The van der Waals surface area contributed by atoms with Gasteiger partial charge in [-0.2, -0.15) is 4.98 Å². The summed E-state index contributed by atoms with van der Waals surface area (Å²) in [5.41, 5.74) is 2.00. The van der Waals surface area contributed by atoms with E-state index in [2.05, 4.69) is 20.6 Å². The van der Waals surface area contributed by atoms with Crippen LogP contribution in [0.4, 0.5) is 16.2 Å². The quantitative estimate of drug-likeness (QED) is 0.685. The molecule has 0 radical (unpaired) electrons. The van der Waals surface area contributed by atoms with Gasteiger partial charge in [0.15, 0.2) is 0 Å². The minimum atomic E-state index is -0.248. The lowest BCUT2D eigenvalue weighted by molar-refractivity contribution is 0.410. The zero-order valence-electron chi connectivity index (χ0n) is 13.9. The molecule has 25 heavy (non-hydrogen) atoms. The van der Waals surface area contributed by atoms with Crippen LogP contribution in [0.3, 0.4) is 0 Å². The van der Waals surface area contributed by atoms with Crippen LogP contribution in [0, 0.1) is 5.82 Å². The fourth-order valence-electron chi connectivity index (χ4n) is 2.36. The summed E-state index contributed by atoms with van der Waals surface area (Å²) in [6.45, 7) is 1.12. The third-order valence-electron chi connectivity index (χ3n) is 3.67. The second-order valence-electron chi connectivity index (χ2n) is 5.41. The van der Waals surface area contributed by atoms with E-state index in [9.17, 15) is 4.39 Å². The Morgan fingerprint density at radius 1 is 0.960 bits per heavy atom. The average Bonchev–Trinajstić information content (AvgIpc) is 2.66. The minimum Gasteiger partial charge on any atom is -0.496 e. The van der Waals surface area contributed by atoms with Gasteiger partial charge in [-0.05, 0) is 29.8 Å². The van der Waals surface area contributed by atoms with E-state index in [1.165, 1.54) is 12.1 Å². The van der Waals surface area contributed by atoms with Crippen LogP contribution in [0.5, 0.6) is 5.75 Å².